The van der Waals surface area contributed by atoms with Crippen LogP contribution in [0.1, 0.15) is 5.56 Å². The number of fused-ring (bicyclic) bond motifs is 11. The molecule has 0 fully saturated rings. The minimum absolute atomic E-state index is 0.882. The van der Waals surface area contributed by atoms with Gasteiger partial charge in [-0.1, -0.05) is 103 Å². The van der Waals surface area contributed by atoms with E-state index < -0.39 is 7.29 Å². The monoisotopic (exact) mass is 608 g/mol. The van der Waals surface area contributed by atoms with E-state index in [0.717, 1.165) is 77.6 Å². The van der Waals surface area contributed by atoms with Gasteiger partial charge in [0.05, 0.1) is 11.4 Å². The Morgan fingerprint density at radius 2 is 0.978 bits per heavy atom. The number of aromatic nitrogens is 1. The molecule has 0 N–H and O–H groups in total. The average Bonchev–Trinajstić information content (AvgIpc) is 3.12. The minimum Gasteiger partial charge on any atom is -0.289 e. The molecule has 0 bridgehead atoms. The van der Waals surface area contributed by atoms with E-state index in [0.29, 0.717) is 0 Å². The summed E-state index contributed by atoms with van der Waals surface area (Å²) in [7, 11) is -3.25. The van der Waals surface area contributed by atoms with Gasteiger partial charge in [0.25, 0.3) is 0 Å². The van der Waals surface area contributed by atoms with Crippen molar-refractivity contribution in [2.45, 2.75) is 6.92 Å². The molecule has 0 spiro atoms. The normalized spacial score (nSPS) is 15.6. The van der Waals surface area contributed by atoms with Crippen LogP contribution in [0.15, 0.2) is 158 Å². The molecule has 2 aliphatic heterocycles. The van der Waals surface area contributed by atoms with Gasteiger partial charge in [0, 0.05) is 39.7 Å². The topological polar surface area (TPSA) is 33.2 Å². The summed E-state index contributed by atoms with van der Waals surface area (Å²) in [5.41, 5.74) is 14.3. The Morgan fingerprint density at radius 1 is 0.478 bits per heavy atom. The van der Waals surface area contributed by atoms with Crippen LogP contribution in [-0.4, -0.2) is 4.98 Å². The first kappa shape index (κ1) is 26.9. The van der Waals surface area contributed by atoms with E-state index in [2.05, 4.69) is 138 Å². The van der Waals surface area contributed by atoms with Gasteiger partial charge < -0.3 is 0 Å². The van der Waals surface area contributed by atoms with Crippen LogP contribution in [0, 0.1) is 6.92 Å². The standard InChI is InChI=1S/C42H29N2OP/c1-28-23-24-43-27-38(28)31-17-15-30(16-18-31)33-20-22-40-37(26-33)35-12-6-8-14-42(35)46(45)41-13-7-5-11-34(41)36-25-32(19-21-39(36)44(40)46)29-9-3-2-4-10-29/h2-27H,1H3. The molecule has 3 nitrogen and oxygen atoms in total. The Hall–Kier alpha value is -5.50. The van der Waals surface area contributed by atoms with Crippen LogP contribution < -0.4 is 15.3 Å². The lowest BCUT2D eigenvalue weighted by molar-refractivity contribution is 0.586. The molecule has 1 atom stereocenters. The van der Waals surface area contributed by atoms with Crippen molar-refractivity contribution < 1.29 is 4.57 Å². The van der Waals surface area contributed by atoms with Gasteiger partial charge in [0.15, 0.2) is 0 Å². The van der Waals surface area contributed by atoms with Gasteiger partial charge >= 0.3 is 0 Å². The van der Waals surface area contributed by atoms with Crippen molar-refractivity contribution in [3.8, 4) is 55.6 Å². The van der Waals surface area contributed by atoms with Gasteiger partial charge in [-0.3, -0.25) is 14.2 Å². The molecule has 4 heteroatoms. The van der Waals surface area contributed by atoms with Crippen LogP contribution in [0.4, 0.5) is 11.4 Å². The van der Waals surface area contributed by atoms with Crippen molar-refractivity contribution in [3.05, 3.63) is 164 Å². The number of hydrogen-bond acceptors (Lipinski definition) is 2. The average molecular weight is 609 g/mol. The van der Waals surface area contributed by atoms with Gasteiger partial charge in [-0.2, -0.15) is 0 Å². The zero-order chi connectivity index (χ0) is 30.8. The lowest BCUT2D eigenvalue weighted by Gasteiger charge is -2.44. The third-order valence-corrected chi connectivity index (χ3v) is 12.5. The number of aryl methyl sites for hydroxylation is 1. The minimum atomic E-state index is -3.25. The second-order valence-electron chi connectivity index (χ2n) is 12.0. The van der Waals surface area contributed by atoms with Gasteiger partial charge in [-0.05, 0) is 93.9 Å². The molecule has 0 radical (unpaired) electrons. The van der Waals surface area contributed by atoms with E-state index in [1.165, 1.54) is 5.56 Å². The van der Waals surface area contributed by atoms with E-state index in [1.54, 1.807) is 0 Å². The van der Waals surface area contributed by atoms with Crippen LogP contribution in [0.3, 0.4) is 0 Å². The lowest BCUT2D eigenvalue weighted by atomic mass is 9.94. The van der Waals surface area contributed by atoms with Crippen LogP contribution in [0.25, 0.3) is 55.6 Å². The third-order valence-electron chi connectivity index (χ3n) is 9.45. The number of rotatable bonds is 3. The predicted molar refractivity (Wildman–Crippen MR) is 192 cm³/mol. The summed E-state index contributed by atoms with van der Waals surface area (Å²) in [4.78, 5) is 4.33. The number of pyridine rings is 1. The number of hydrogen-bond donors (Lipinski definition) is 0. The highest BCUT2D eigenvalue weighted by Gasteiger charge is 2.47. The van der Waals surface area contributed by atoms with Crippen molar-refractivity contribution >= 4 is 29.3 Å². The molecule has 3 heterocycles. The van der Waals surface area contributed by atoms with E-state index in [1.807, 2.05) is 36.7 Å². The molecule has 1 unspecified atom stereocenters. The summed E-state index contributed by atoms with van der Waals surface area (Å²) in [6.07, 6.45) is 3.76. The fraction of sp³-hybridized carbons (Fsp3) is 0.0238. The maximum absolute atomic E-state index is 15.8. The van der Waals surface area contributed by atoms with Crippen molar-refractivity contribution in [1.29, 1.82) is 0 Å². The maximum Gasteiger partial charge on any atom is 0.235 e. The summed E-state index contributed by atoms with van der Waals surface area (Å²) in [5, 5.41) is 1.77. The molecule has 46 heavy (non-hydrogen) atoms. The molecular formula is C42H29N2OP. The molecule has 218 valence electrons. The number of nitrogens with zero attached hydrogens (tertiary/aromatic N) is 2. The second kappa shape index (κ2) is 10.3. The van der Waals surface area contributed by atoms with Gasteiger partial charge in [-0.25, -0.2) is 0 Å². The number of benzene rings is 6. The maximum atomic E-state index is 15.8. The first-order valence-electron chi connectivity index (χ1n) is 15.6. The van der Waals surface area contributed by atoms with Crippen LogP contribution in [-0.2, 0) is 4.57 Å². The van der Waals surface area contributed by atoms with E-state index in [4.69, 9.17) is 0 Å². The first-order chi connectivity index (χ1) is 22.6. The summed E-state index contributed by atoms with van der Waals surface area (Å²) in [6.45, 7) is 2.12. The Bertz CT molecular complexity index is 2360. The molecule has 7 aromatic rings. The van der Waals surface area contributed by atoms with Gasteiger partial charge in [0.2, 0.25) is 7.29 Å². The third kappa shape index (κ3) is 3.92. The van der Waals surface area contributed by atoms with Crippen molar-refractivity contribution in [2.24, 2.45) is 0 Å². The largest absolute Gasteiger partial charge is 0.289 e. The summed E-state index contributed by atoms with van der Waals surface area (Å²) in [6, 6.07) is 50.9. The van der Waals surface area contributed by atoms with E-state index in [9.17, 15) is 0 Å². The molecule has 0 saturated carbocycles. The molecular weight excluding hydrogens is 579 g/mol. The SMILES string of the molecule is Cc1ccncc1-c1ccc(-c2ccc3c(c2)-c2ccccc2P2(=O)c4ccccc4-c4cc(-c5ccccc5)ccc4N32)cc1. The Balaban J connectivity index is 1.24. The highest BCUT2D eigenvalue weighted by atomic mass is 31.2. The van der Waals surface area contributed by atoms with Gasteiger partial charge in [0.1, 0.15) is 0 Å². The molecule has 0 saturated heterocycles. The summed E-state index contributed by atoms with van der Waals surface area (Å²) >= 11 is 0. The highest BCUT2D eigenvalue weighted by molar-refractivity contribution is 7.81. The Kier molecular flexibility index (Phi) is 6.00. The lowest BCUT2D eigenvalue weighted by Crippen LogP contribution is -2.37. The van der Waals surface area contributed by atoms with E-state index >= 15 is 4.57 Å². The fourth-order valence-electron chi connectivity index (χ4n) is 7.18. The molecule has 0 amide bonds. The Morgan fingerprint density at radius 3 is 1.57 bits per heavy atom. The van der Waals surface area contributed by atoms with Gasteiger partial charge in [-0.15, -0.1) is 0 Å². The molecule has 0 aliphatic carbocycles. The summed E-state index contributed by atoms with van der Waals surface area (Å²) < 4.78 is 18.0. The van der Waals surface area contributed by atoms with Crippen LogP contribution in [0.5, 0.6) is 0 Å². The second-order valence-corrected chi connectivity index (χ2v) is 14.5. The molecule has 6 aromatic carbocycles. The molecule has 2 aliphatic rings. The quantitative estimate of drug-likeness (QED) is 0.187. The van der Waals surface area contributed by atoms with Crippen molar-refractivity contribution in [3.63, 3.8) is 0 Å². The zero-order valence-corrected chi connectivity index (χ0v) is 26.2. The molecule has 1 aromatic heterocycles. The highest BCUT2D eigenvalue weighted by Crippen LogP contribution is 2.66. The fourth-order valence-corrected chi connectivity index (χ4v) is 10.4. The molecule has 9 rings (SSSR count). The predicted octanol–water partition coefficient (Wildman–Crippen LogP) is 10.4. The Labute approximate surface area is 268 Å². The first-order valence-corrected chi connectivity index (χ1v) is 17.2. The van der Waals surface area contributed by atoms with Crippen molar-refractivity contribution in [2.75, 3.05) is 4.67 Å². The van der Waals surface area contributed by atoms with Crippen LogP contribution in [0.2, 0.25) is 0 Å². The number of anilines is 2. The smallest absolute Gasteiger partial charge is 0.235 e. The van der Waals surface area contributed by atoms with Crippen LogP contribution >= 0.6 is 7.29 Å². The van der Waals surface area contributed by atoms with E-state index in [-0.39, 0.29) is 0 Å². The van der Waals surface area contributed by atoms with Crippen molar-refractivity contribution in [1.82, 2.24) is 4.98 Å². The summed E-state index contributed by atoms with van der Waals surface area (Å²) in [5.74, 6) is 0. The zero-order valence-electron chi connectivity index (χ0n) is 25.3.